The van der Waals surface area contributed by atoms with Gasteiger partial charge in [0.05, 0.1) is 31.6 Å². The van der Waals surface area contributed by atoms with Crippen molar-refractivity contribution in [1.29, 1.82) is 0 Å². The molecule has 0 saturated heterocycles. The van der Waals surface area contributed by atoms with Crippen LogP contribution in [0, 0.1) is 0 Å². The van der Waals surface area contributed by atoms with E-state index in [2.05, 4.69) is 15.5 Å². The summed E-state index contributed by atoms with van der Waals surface area (Å²) in [5, 5.41) is 10.3. The Balaban J connectivity index is 1.67. The van der Waals surface area contributed by atoms with E-state index < -0.39 is 18.6 Å². The molecule has 2 heterocycles. The molecular weight excluding hydrogens is 363 g/mol. The van der Waals surface area contributed by atoms with E-state index in [9.17, 15) is 18.0 Å². The topological polar surface area (TPSA) is 74.0 Å². The van der Waals surface area contributed by atoms with Crippen LogP contribution in [0.2, 0.25) is 0 Å². The van der Waals surface area contributed by atoms with Crippen molar-refractivity contribution in [2.24, 2.45) is 0 Å². The fraction of sp³-hybridized carbons (Fsp3) is 0.235. The summed E-state index contributed by atoms with van der Waals surface area (Å²) in [5.41, 5.74) is 0.962. The second kappa shape index (κ2) is 7.52. The molecule has 142 valence electrons. The highest BCUT2D eigenvalue weighted by Gasteiger charge is 2.28. The SMILES string of the molecule is COc1ccc(Cn2nccc2NC(=O)c2cnn(CC(F)(F)F)c2)cc1. The molecular formula is C17H16F3N5O2. The van der Waals surface area contributed by atoms with Gasteiger partial charge in [-0.05, 0) is 17.7 Å². The number of methoxy groups -OCH3 is 1. The molecule has 0 fully saturated rings. The number of nitrogens with zero attached hydrogens (tertiary/aromatic N) is 4. The molecule has 0 aliphatic heterocycles. The van der Waals surface area contributed by atoms with Crippen LogP contribution in [0.3, 0.4) is 0 Å². The van der Waals surface area contributed by atoms with E-state index in [1.165, 1.54) is 6.20 Å². The van der Waals surface area contributed by atoms with Crippen LogP contribution in [0.15, 0.2) is 48.9 Å². The number of hydrogen-bond acceptors (Lipinski definition) is 4. The Morgan fingerprint density at radius 1 is 1.19 bits per heavy atom. The normalized spacial score (nSPS) is 11.4. The standard InChI is InChI=1S/C17H16F3N5O2/c1-27-14-4-2-12(3-5-14)9-25-15(6-7-21-25)23-16(26)13-8-22-24(10-13)11-17(18,19)20/h2-8,10H,9,11H2,1H3,(H,23,26). The molecule has 0 radical (unpaired) electrons. The third-order valence-corrected chi connectivity index (χ3v) is 3.69. The number of carbonyl (C=O) groups excluding carboxylic acids is 1. The molecule has 3 aromatic rings. The van der Waals surface area contributed by atoms with Crippen LogP contribution in [-0.4, -0.2) is 38.8 Å². The molecule has 0 atom stereocenters. The number of anilines is 1. The lowest BCUT2D eigenvalue weighted by Gasteiger charge is -2.09. The van der Waals surface area contributed by atoms with E-state index in [1.54, 1.807) is 17.9 Å². The van der Waals surface area contributed by atoms with Crippen molar-refractivity contribution in [3.63, 3.8) is 0 Å². The summed E-state index contributed by atoms with van der Waals surface area (Å²) in [5.74, 6) is 0.572. The molecule has 0 spiro atoms. The predicted molar refractivity (Wildman–Crippen MR) is 90.6 cm³/mol. The number of ether oxygens (including phenoxy) is 1. The van der Waals surface area contributed by atoms with Crippen LogP contribution < -0.4 is 10.1 Å². The molecule has 1 N–H and O–H groups in total. The van der Waals surface area contributed by atoms with Gasteiger partial charge in [-0.25, -0.2) is 4.68 Å². The van der Waals surface area contributed by atoms with Crippen LogP contribution in [0.1, 0.15) is 15.9 Å². The monoisotopic (exact) mass is 379 g/mol. The van der Waals surface area contributed by atoms with E-state index in [0.29, 0.717) is 17.0 Å². The van der Waals surface area contributed by atoms with Gasteiger partial charge in [0.15, 0.2) is 0 Å². The summed E-state index contributed by atoms with van der Waals surface area (Å²) < 4.78 is 44.5. The zero-order valence-electron chi connectivity index (χ0n) is 14.3. The smallest absolute Gasteiger partial charge is 0.408 e. The van der Waals surface area contributed by atoms with Crippen molar-refractivity contribution in [1.82, 2.24) is 19.6 Å². The Morgan fingerprint density at radius 3 is 2.59 bits per heavy atom. The first-order valence-corrected chi connectivity index (χ1v) is 7.89. The van der Waals surface area contributed by atoms with Crippen molar-refractivity contribution in [2.75, 3.05) is 12.4 Å². The second-order valence-electron chi connectivity index (χ2n) is 5.72. The van der Waals surface area contributed by atoms with Crippen LogP contribution in [0.25, 0.3) is 0 Å². The highest BCUT2D eigenvalue weighted by Crippen LogP contribution is 2.18. The molecule has 2 aromatic heterocycles. The quantitative estimate of drug-likeness (QED) is 0.715. The third-order valence-electron chi connectivity index (χ3n) is 3.69. The summed E-state index contributed by atoms with van der Waals surface area (Å²) in [7, 11) is 1.58. The minimum atomic E-state index is -4.41. The molecule has 3 rings (SSSR count). The van der Waals surface area contributed by atoms with Gasteiger partial charge in [-0.3, -0.25) is 9.48 Å². The van der Waals surface area contributed by atoms with Gasteiger partial charge >= 0.3 is 6.18 Å². The molecule has 1 aromatic carbocycles. The van der Waals surface area contributed by atoms with E-state index in [-0.39, 0.29) is 5.56 Å². The van der Waals surface area contributed by atoms with Crippen LogP contribution in [-0.2, 0) is 13.1 Å². The highest BCUT2D eigenvalue weighted by molar-refractivity contribution is 6.03. The molecule has 0 aliphatic carbocycles. The molecule has 1 amide bonds. The number of rotatable bonds is 6. The summed E-state index contributed by atoms with van der Waals surface area (Å²) in [4.78, 5) is 12.3. The average molecular weight is 379 g/mol. The van der Waals surface area contributed by atoms with E-state index in [4.69, 9.17) is 4.74 Å². The highest BCUT2D eigenvalue weighted by atomic mass is 19.4. The van der Waals surface area contributed by atoms with Gasteiger partial charge in [0, 0.05) is 12.3 Å². The van der Waals surface area contributed by atoms with E-state index in [0.717, 1.165) is 23.7 Å². The number of carbonyl (C=O) groups is 1. The van der Waals surface area contributed by atoms with Crippen molar-refractivity contribution in [2.45, 2.75) is 19.3 Å². The van der Waals surface area contributed by atoms with Crippen molar-refractivity contribution in [3.8, 4) is 5.75 Å². The Kier molecular flexibility index (Phi) is 5.15. The number of amides is 1. The Labute approximate surface area is 152 Å². The number of hydrogen-bond donors (Lipinski definition) is 1. The van der Waals surface area contributed by atoms with Crippen molar-refractivity contribution in [3.05, 3.63) is 60.0 Å². The zero-order valence-corrected chi connectivity index (χ0v) is 14.3. The number of alkyl halides is 3. The lowest BCUT2D eigenvalue weighted by molar-refractivity contribution is -0.142. The number of nitrogens with one attached hydrogen (secondary N) is 1. The Hall–Kier alpha value is -3.30. The molecule has 0 saturated carbocycles. The lowest BCUT2D eigenvalue weighted by Crippen LogP contribution is -2.18. The summed E-state index contributed by atoms with van der Waals surface area (Å²) in [6.45, 7) is -0.852. The van der Waals surface area contributed by atoms with Gasteiger partial charge in [0.1, 0.15) is 18.1 Å². The predicted octanol–water partition coefficient (Wildman–Crippen LogP) is 2.95. The van der Waals surface area contributed by atoms with E-state index >= 15 is 0 Å². The van der Waals surface area contributed by atoms with Gasteiger partial charge in [0.25, 0.3) is 5.91 Å². The van der Waals surface area contributed by atoms with Crippen molar-refractivity contribution < 1.29 is 22.7 Å². The molecule has 0 unspecified atom stereocenters. The third kappa shape index (κ3) is 4.87. The van der Waals surface area contributed by atoms with Crippen LogP contribution in [0.5, 0.6) is 5.75 Å². The maximum Gasteiger partial charge on any atom is 0.408 e. The van der Waals surface area contributed by atoms with E-state index in [1.807, 2.05) is 24.3 Å². The first-order valence-electron chi connectivity index (χ1n) is 7.89. The van der Waals surface area contributed by atoms with Gasteiger partial charge in [-0.2, -0.15) is 23.4 Å². The zero-order chi connectivity index (χ0) is 19.4. The minimum Gasteiger partial charge on any atom is -0.497 e. The van der Waals surface area contributed by atoms with Gasteiger partial charge in [0.2, 0.25) is 0 Å². The summed E-state index contributed by atoms with van der Waals surface area (Å²) in [6, 6.07) is 8.96. The molecule has 0 bridgehead atoms. The number of benzene rings is 1. The van der Waals surface area contributed by atoms with Gasteiger partial charge in [-0.15, -0.1) is 0 Å². The minimum absolute atomic E-state index is 0.0245. The first-order chi connectivity index (χ1) is 12.8. The fourth-order valence-electron chi connectivity index (χ4n) is 2.41. The van der Waals surface area contributed by atoms with Crippen molar-refractivity contribution >= 4 is 11.7 Å². The van der Waals surface area contributed by atoms with Crippen LogP contribution >= 0.6 is 0 Å². The summed E-state index contributed by atoms with van der Waals surface area (Å²) in [6.07, 6.45) is -0.749. The Morgan fingerprint density at radius 2 is 1.93 bits per heavy atom. The lowest BCUT2D eigenvalue weighted by atomic mass is 10.2. The number of aromatic nitrogens is 4. The van der Waals surface area contributed by atoms with Gasteiger partial charge in [-0.1, -0.05) is 12.1 Å². The maximum atomic E-state index is 12.4. The second-order valence-corrected chi connectivity index (χ2v) is 5.72. The molecule has 0 aliphatic rings. The van der Waals surface area contributed by atoms with Gasteiger partial charge < -0.3 is 10.1 Å². The number of halogens is 3. The fourth-order valence-corrected chi connectivity index (χ4v) is 2.41. The Bertz CT molecular complexity index is 915. The largest absolute Gasteiger partial charge is 0.497 e. The molecule has 7 nitrogen and oxygen atoms in total. The first kappa shape index (κ1) is 18.5. The molecule has 10 heteroatoms. The maximum absolute atomic E-state index is 12.4. The van der Waals surface area contributed by atoms with Crippen LogP contribution in [0.4, 0.5) is 19.0 Å². The molecule has 27 heavy (non-hydrogen) atoms. The average Bonchev–Trinajstić information content (AvgIpc) is 3.24. The summed E-state index contributed by atoms with van der Waals surface area (Å²) >= 11 is 0.